The van der Waals surface area contributed by atoms with Crippen molar-refractivity contribution in [2.75, 3.05) is 16.0 Å². The second kappa shape index (κ2) is 7.86. The maximum atomic E-state index is 11.4. The smallest absolute Gasteiger partial charge is 0.227 e. The number of rotatable bonds is 5. The predicted octanol–water partition coefficient (Wildman–Crippen LogP) is 4.41. The van der Waals surface area contributed by atoms with Crippen LogP contribution in [0.1, 0.15) is 12.5 Å². The fraction of sp³-hybridized carbons (Fsp3) is 0.0500. The molecular formula is C20H16ClN5O2. The Hall–Kier alpha value is -3.76. The molecule has 2 aromatic carbocycles. The first-order chi connectivity index (χ1) is 13.4. The van der Waals surface area contributed by atoms with Crippen LogP contribution in [0, 0.1) is 12.3 Å². The summed E-state index contributed by atoms with van der Waals surface area (Å²) in [4.78, 5) is 20.1. The van der Waals surface area contributed by atoms with Crippen molar-refractivity contribution in [3.63, 3.8) is 0 Å². The highest BCUT2D eigenvalue weighted by atomic mass is 35.5. The lowest BCUT2D eigenvalue weighted by molar-refractivity contribution is -0.114. The second-order valence-electron chi connectivity index (χ2n) is 5.87. The number of aliphatic hydroxyl groups is 1. The number of nitrogens with zero attached hydrogens (tertiary/aromatic N) is 2. The molecule has 3 rings (SSSR count). The summed E-state index contributed by atoms with van der Waals surface area (Å²) in [6, 6.07) is 8.53. The van der Waals surface area contributed by atoms with Crippen LogP contribution in [0.15, 0.2) is 49.0 Å². The molecular weight excluding hydrogens is 378 g/mol. The van der Waals surface area contributed by atoms with Crippen LogP contribution in [0.4, 0.5) is 23.0 Å². The second-order valence-corrected chi connectivity index (χ2v) is 6.25. The molecule has 0 unspecified atom stereocenters. The average Bonchev–Trinajstić information content (AvgIpc) is 2.60. The van der Waals surface area contributed by atoms with Gasteiger partial charge < -0.3 is 21.1 Å². The SMILES string of the molecule is C#Cc1ccc2nc(Nc3cc(NC(=C)O)cc(NC(C)=O)c3)ncc2c1Cl. The summed E-state index contributed by atoms with van der Waals surface area (Å²) in [5.74, 6) is 2.38. The number of aromatic nitrogens is 2. The van der Waals surface area contributed by atoms with Crippen molar-refractivity contribution in [2.24, 2.45) is 0 Å². The van der Waals surface area contributed by atoms with Gasteiger partial charge in [0, 0.05) is 41.1 Å². The number of carbonyl (C=O) groups is 1. The maximum Gasteiger partial charge on any atom is 0.227 e. The van der Waals surface area contributed by atoms with Gasteiger partial charge in [0.1, 0.15) is 0 Å². The highest BCUT2D eigenvalue weighted by Crippen LogP contribution is 2.28. The number of fused-ring (bicyclic) bond motifs is 1. The van der Waals surface area contributed by atoms with Gasteiger partial charge in [0.25, 0.3) is 0 Å². The van der Waals surface area contributed by atoms with Gasteiger partial charge >= 0.3 is 0 Å². The molecule has 7 nitrogen and oxygen atoms in total. The molecule has 0 bridgehead atoms. The summed E-state index contributed by atoms with van der Waals surface area (Å²) in [5.41, 5.74) is 2.82. The van der Waals surface area contributed by atoms with Crippen LogP contribution >= 0.6 is 11.6 Å². The highest BCUT2D eigenvalue weighted by Gasteiger charge is 2.09. The van der Waals surface area contributed by atoms with Gasteiger partial charge in [-0.25, -0.2) is 9.97 Å². The predicted molar refractivity (Wildman–Crippen MR) is 112 cm³/mol. The molecule has 1 heterocycles. The number of aliphatic hydroxyl groups excluding tert-OH is 1. The standard InChI is InChI=1S/C20H16ClN5O2/c1-4-13-5-6-18-17(19(13)21)10-22-20(26-18)25-16-8-14(23-11(2)27)7-15(9-16)24-12(3)28/h1,5-10,23,27H,2H2,3H3,(H,24,28)(H,22,25,26). The van der Waals surface area contributed by atoms with Crippen LogP contribution in [-0.2, 0) is 4.79 Å². The van der Waals surface area contributed by atoms with E-state index in [4.69, 9.17) is 18.0 Å². The van der Waals surface area contributed by atoms with Gasteiger partial charge in [-0.1, -0.05) is 17.5 Å². The van der Waals surface area contributed by atoms with Crippen molar-refractivity contribution in [1.29, 1.82) is 0 Å². The van der Waals surface area contributed by atoms with E-state index in [0.29, 0.717) is 44.5 Å². The van der Waals surface area contributed by atoms with Crippen molar-refractivity contribution < 1.29 is 9.90 Å². The Morgan fingerprint density at radius 1 is 1.21 bits per heavy atom. The van der Waals surface area contributed by atoms with Crippen molar-refractivity contribution in [1.82, 2.24) is 9.97 Å². The largest absolute Gasteiger partial charge is 0.495 e. The molecule has 0 atom stereocenters. The molecule has 1 amide bonds. The van der Waals surface area contributed by atoms with E-state index in [1.54, 1.807) is 36.5 Å². The number of benzene rings is 2. The summed E-state index contributed by atoms with van der Waals surface area (Å²) in [5, 5.41) is 18.9. The first-order valence-corrected chi connectivity index (χ1v) is 8.50. The zero-order valence-corrected chi connectivity index (χ0v) is 15.6. The van der Waals surface area contributed by atoms with E-state index in [1.807, 2.05) is 0 Å². The number of amides is 1. The van der Waals surface area contributed by atoms with Gasteiger partial charge in [-0.2, -0.15) is 0 Å². The third-order valence-corrected chi connectivity index (χ3v) is 4.06. The van der Waals surface area contributed by atoms with E-state index in [0.717, 1.165) is 0 Å². The Bertz CT molecular complexity index is 1100. The van der Waals surface area contributed by atoms with Crippen LogP contribution in [-0.4, -0.2) is 21.0 Å². The topological polar surface area (TPSA) is 99.2 Å². The summed E-state index contributed by atoms with van der Waals surface area (Å²) in [7, 11) is 0. The Labute approximate surface area is 166 Å². The molecule has 0 saturated heterocycles. The molecule has 28 heavy (non-hydrogen) atoms. The first kappa shape index (κ1) is 19.0. The molecule has 0 saturated carbocycles. The number of terminal acetylenes is 1. The fourth-order valence-corrected chi connectivity index (χ4v) is 2.85. The number of anilines is 4. The van der Waals surface area contributed by atoms with Gasteiger partial charge in [-0.3, -0.25) is 4.79 Å². The number of carbonyl (C=O) groups excluding carboxylic acids is 1. The third kappa shape index (κ3) is 4.31. The zero-order chi connectivity index (χ0) is 20.3. The van der Waals surface area contributed by atoms with E-state index in [9.17, 15) is 9.90 Å². The molecule has 0 fully saturated rings. The molecule has 8 heteroatoms. The molecule has 0 aliphatic rings. The molecule has 4 N–H and O–H groups in total. The molecule has 0 aliphatic carbocycles. The number of halogens is 1. The van der Waals surface area contributed by atoms with Crippen molar-refractivity contribution in [3.05, 3.63) is 59.6 Å². The minimum Gasteiger partial charge on any atom is -0.495 e. The third-order valence-electron chi connectivity index (χ3n) is 3.65. The molecule has 0 aliphatic heterocycles. The van der Waals surface area contributed by atoms with E-state index in [1.165, 1.54) is 6.92 Å². The molecule has 3 aromatic rings. The van der Waals surface area contributed by atoms with Gasteiger partial charge in [0.05, 0.1) is 10.5 Å². The lowest BCUT2D eigenvalue weighted by Crippen LogP contribution is -2.07. The minimum atomic E-state index is -0.230. The molecule has 0 radical (unpaired) electrons. The van der Waals surface area contributed by atoms with E-state index in [2.05, 4.69) is 38.4 Å². The Balaban J connectivity index is 1.96. The van der Waals surface area contributed by atoms with Crippen LogP contribution < -0.4 is 16.0 Å². The van der Waals surface area contributed by atoms with Gasteiger partial charge in [-0.15, -0.1) is 6.42 Å². The number of hydrogen-bond acceptors (Lipinski definition) is 6. The van der Waals surface area contributed by atoms with Crippen LogP contribution in [0.2, 0.25) is 5.02 Å². The summed E-state index contributed by atoms with van der Waals surface area (Å²) < 4.78 is 0. The summed E-state index contributed by atoms with van der Waals surface area (Å²) in [6.45, 7) is 4.80. The van der Waals surface area contributed by atoms with E-state index < -0.39 is 0 Å². The Morgan fingerprint density at radius 2 is 1.89 bits per heavy atom. The lowest BCUT2D eigenvalue weighted by Gasteiger charge is -2.12. The number of hydrogen-bond donors (Lipinski definition) is 4. The van der Waals surface area contributed by atoms with Crippen molar-refractivity contribution >= 4 is 51.4 Å². The molecule has 0 spiro atoms. The lowest BCUT2D eigenvalue weighted by atomic mass is 10.1. The van der Waals surface area contributed by atoms with Crippen LogP contribution in [0.5, 0.6) is 0 Å². The van der Waals surface area contributed by atoms with Gasteiger partial charge in [-0.05, 0) is 36.9 Å². The summed E-state index contributed by atoms with van der Waals surface area (Å²) in [6.07, 6.45) is 7.01. The van der Waals surface area contributed by atoms with Crippen LogP contribution in [0.3, 0.4) is 0 Å². The molecule has 140 valence electrons. The maximum absolute atomic E-state index is 11.4. The Kier molecular flexibility index (Phi) is 5.34. The van der Waals surface area contributed by atoms with Gasteiger partial charge in [0.15, 0.2) is 5.88 Å². The first-order valence-electron chi connectivity index (χ1n) is 8.12. The summed E-state index contributed by atoms with van der Waals surface area (Å²) >= 11 is 6.27. The van der Waals surface area contributed by atoms with Crippen molar-refractivity contribution in [2.45, 2.75) is 6.92 Å². The monoisotopic (exact) mass is 393 g/mol. The normalized spacial score (nSPS) is 10.2. The van der Waals surface area contributed by atoms with Crippen molar-refractivity contribution in [3.8, 4) is 12.3 Å². The fourth-order valence-electron chi connectivity index (χ4n) is 2.59. The van der Waals surface area contributed by atoms with E-state index in [-0.39, 0.29) is 11.8 Å². The Morgan fingerprint density at radius 3 is 2.54 bits per heavy atom. The quantitative estimate of drug-likeness (QED) is 0.378. The molecule has 1 aromatic heterocycles. The van der Waals surface area contributed by atoms with Gasteiger partial charge in [0.2, 0.25) is 11.9 Å². The van der Waals surface area contributed by atoms with Crippen LogP contribution in [0.25, 0.3) is 10.9 Å². The zero-order valence-electron chi connectivity index (χ0n) is 14.9. The number of nitrogens with one attached hydrogen (secondary N) is 3. The van der Waals surface area contributed by atoms with E-state index >= 15 is 0 Å². The highest BCUT2D eigenvalue weighted by molar-refractivity contribution is 6.36. The average molecular weight is 394 g/mol. The minimum absolute atomic E-state index is 0.230.